The van der Waals surface area contributed by atoms with Gasteiger partial charge < -0.3 is 19.9 Å². The number of aliphatic hydroxyl groups is 1. The van der Waals surface area contributed by atoms with Crippen LogP contribution in [-0.4, -0.2) is 39.0 Å². The number of ether oxygens (including phenoxy) is 2. The van der Waals surface area contributed by atoms with E-state index in [4.69, 9.17) is 9.47 Å². The van der Waals surface area contributed by atoms with Gasteiger partial charge in [0.1, 0.15) is 11.6 Å². The lowest BCUT2D eigenvalue weighted by Crippen LogP contribution is -2.29. The molecule has 1 aromatic carbocycles. The summed E-state index contributed by atoms with van der Waals surface area (Å²) in [5.74, 6) is 0.103. The van der Waals surface area contributed by atoms with E-state index in [0.717, 1.165) is 0 Å². The van der Waals surface area contributed by atoms with Crippen LogP contribution in [0.25, 0.3) is 0 Å². The first-order valence-corrected chi connectivity index (χ1v) is 6.27. The molecule has 0 fully saturated rings. The third kappa shape index (κ3) is 4.78. The van der Waals surface area contributed by atoms with E-state index < -0.39 is 5.60 Å². The molecule has 0 heterocycles. The van der Waals surface area contributed by atoms with Crippen LogP contribution in [0.2, 0.25) is 0 Å². The maximum atomic E-state index is 13.3. The minimum absolute atomic E-state index is 0.386. The molecular weight excluding hydrogens is 249 g/mol. The second-order valence-electron chi connectivity index (χ2n) is 4.61. The summed E-state index contributed by atoms with van der Waals surface area (Å²) in [4.78, 5) is 0. The van der Waals surface area contributed by atoms with Crippen molar-refractivity contribution >= 4 is 0 Å². The first kappa shape index (κ1) is 15.9. The van der Waals surface area contributed by atoms with Crippen LogP contribution < -0.4 is 10.1 Å². The summed E-state index contributed by atoms with van der Waals surface area (Å²) in [6.45, 7) is 3.59. The van der Waals surface area contributed by atoms with E-state index >= 15 is 0 Å². The Hall–Kier alpha value is -1.17. The smallest absolute Gasteiger partial charge is 0.125 e. The summed E-state index contributed by atoms with van der Waals surface area (Å²) in [6, 6.07) is 4.15. The Balaban J connectivity index is 2.67. The van der Waals surface area contributed by atoms with E-state index in [1.54, 1.807) is 14.0 Å². The van der Waals surface area contributed by atoms with Gasteiger partial charge in [-0.2, -0.15) is 0 Å². The van der Waals surface area contributed by atoms with Crippen LogP contribution in [0.3, 0.4) is 0 Å². The molecule has 0 saturated carbocycles. The predicted octanol–water partition coefficient (Wildman–Crippen LogP) is 1.67. The molecule has 0 saturated heterocycles. The fraction of sp³-hybridized carbons (Fsp3) is 0.571. The van der Waals surface area contributed by atoms with Crippen LogP contribution >= 0.6 is 0 Å². The lowest BCUT2D eigenvalue weighted by Gasteiger charge is -2.26. The summed E-state index contributed by atoms with van der Waals surface area (Å²) in [6.07, 6.45) is 0.455. The highest BCUT2D eigenvalue weighted by atomic mass is 19.1. The van der Waals surface area contributed by atoms with Crippen molar-refractivity contribution in [2.45, 2.75) is 18.9 Å². The lowest BCUT2D eigenvalue weighted by atomic mass is 9.91. The number of nitrogens with one attached hydrogen (secondary N) is 1. The Morgan fingerprint density at radius 2 is 2.05 bits per heavy atom. The van der Waals surface area contributed by atoms with Crippen molar-refractivity contribution in [1.82, 2.24) is 5.32 Å². The van der Waals surface area contributed by atoms with E-state index in [1.807, 2.05) is 0 Å². The number of rotatable bonds is 8. The van der Waals surface area contributed by atoms with Gasteiger partial charge in [-0.1, -0.05) is 0 Å². The minimum atomic E-state index is -1.15. The minimum Gasteiger partial charge on any atom is -0.496 e. The van der Waals surface area contributed by atoms with Gasteiger partial charge in [0.15, 0.2) is 0 Å². The molecule has 0 aromatic heterocycles. The van der Waals surface area contributed by atoms with Crippen molar-refractivity contribution in [2.24, 2.45) is 0 Å². The normalized spacial score (nSPS) is 14.2. The molecule has 1 atom stereocenters. The van der Waals surface area contributed by atoms with Crippen molar-refractivity contribution in [3.63, 3.8) is 0 Å². The Bertz CT molecular complexity index is 396. The van der Waals surface area contributed by atoms with E-state index in [1.165, 1.54) is 25.3 Å². The van der Waals surface area contributed by atoms with Crippen LogP contribution in [0.5, 0.6) is 5.75 Å². The molecule has 108 valence electrons. The van der Waals surface area contributed by atoms with Gasteiger partial charge in [0, 0.05) is 19.2 Å². The standard InChI is InChI=1S/C14H22FNO3/c1-14(17,6-7-16-8-9-18-2)12-10-11(15)4-5-13(12)19-3/h4-5,10,16-17H,6-9H2,1-3H3. The average molecular weight is 271 g/mol. The molecule has 1 rings (SSSR count). The van der Waals surface area contributed by atoms with Gasteiger partial charge in [-0.25, -0.2) is 4.39 Å². The van der Waals surface area contributed by atoms with Crippen molar-refractivity contribution < 1.29 is 19.0 Å². The van der Waals surface area contributed by atoms with Gasteiger partial charge >= 0.3 is 0 Å². The molecule has 0 aliphatic rings. The molecule has 4 nitrogen and oxygen atoms in total. The van der Waals surface area contributed by atoms with E-state index in [0.29, 0.717) is 37.4 Å². The largest absolute Gasteiger partial charge is 0.496 e. The van der Waals surface area contributed by atoms with Crippen molar-refractivity contribution in [3.8, 4) is 5.75 Å². The Labute approximate surface area is 113 Å². The second-order valence-corrected chi connectivity index (χ2v) is 4.61. The summed E-state index contributed by atoms with van der Waals surface area (Å²) in [7, 11) is 3.14. The van der Waals surface area contributed by atoms with Gasteiger partial charge in [-0.15, -0.1) is 0 Å². The molecule has 0 aliphatic carbocycles. The second kappa shape index (κ2) is 7.43. The molecule has 19 heavy (non-hydrogen) atoms. The van der Waals surface area contributed by atoms with Gasteiger partial charge in [0.2, 0.25) is 0 Å². The number of hydrogen-bond donors (Lipinski definition) is 2. The summed E-state index contributed by atoms with van der Waals surface area (Å²) in [5, 5.41) is 13.6. The van der Waals surface area contributed by atoms with Gasteiger partial charge in [0.25, 0.3) is 0 Å². The Morgan fingerprint density at radius 1 is 1.32 bits per heavy atom. The zero-order valence-electron chi connectivity index (χ0n) is 11.7. The maximum absolute atomic E-state index is 13.3. The molecule has 5 heteroatoms. The van der Waals surface area contributed by atoms with Crippen LogP contribution in [0, 0.1) is 5.82 Å². The average Bonchev–Trinajstić information content (AvgIpc) is 2.38. The van der Waals surface area contributed by atoms with Crippen LogP contribution in [0.15, 0.2) is 18.2 Å². The fourth-order valence-electron chi connectivity index (χ4n) is 1.87. The molecule has 1 aromatic rings. The number of benzene rings is 1. The van der Waals surface area contributed by atoms with Gasteiger partial charge in [-0.3, -0.25) is 0 Å². The first-order chi connectivity index (χ1) is 9.01. The van der Waals surface area contributed by atoms with E-state index in [9.17, 15) is 9.50 Å². The van der Waals surface area contributed by atoms with Crippen molar-refractivity contribution in [1.29, 1.82) is 0 Å². The fourth-order valence-corrected chi connectivity index (χ4v) is 1.87. The molecule has 0 spiro atoms. The third-order valence-corrected chi connectivity index (χ3v) is 3.01. The predicted molar refractivity (Wildman–Crippen MR) is 71.9 cm³/mol. The highest BCUT2D eigenvalue weighted by molar-refractivity contribution is 5.38. The topological polar surface area (TPSA) is 50.7 Å². The molecule has 1 unspecified atom stereocenters. The van der Waals surface area contributed by atoms with Crippen molar-refractivity contribution in [3.05, 3.63) is 29.6 Å². The SMILES string of the molecule is COCCNCCC(C)(O)c1cc(F)ccc1OC. The zero-order valence-corrected chi connectivity index (χ0v) is 11.7. The lowest BCUT2D eigenvalue weighted by molar-refractivity contribution is 0.0447. The van der Waals surface area contributed by atoms with E-state index in [-0.39, 0.29) is 5.82 Å². The van der Waals surface area contributed by atoms with Crippen LogP contribution in [0.4, 0.5) is 4.39 Å². The monoisotopic (exact) mass is 271 g/mol. The molecular formula is C14H22FNO3. The van der Waals surface area contributed by atoms with Crippen LogP contribution in [-0.2, 0) is 10.3 Å². The first-order valence-electron chi connectivity index (χ1n) is 6.27. The number of halogens is 1. The highest BCUT2D eigenvalue weighted by Crippen LogP contribution is 2.32. The maximum Gasteiger partial charge on any atom is 0.125 e. The molecule has 0 aliphatic heterocycles. The van der Waals surface area contributed by atoms with Crippen LogP contribution in [0.1, 0.15) is 18.9 Å². The molecule has 0 amide bonds. The Kier molecular flexibility index (Phi) is 6.21. The highest BCUT2D eigenvalue weighted by Gasteiger charge is 2.26. The number of hydrogen-bond acceptors (Lipinski definition) is 4. The zero-order chi connectivity index (χ0) is 14.3. The van der Waals surface area contributed by atoms with E-state index in [2.05, 4.69) is 5.32 Å². The summed E-state index contributed by atoms with van der Waals surface area (Å²) < 4.78 is 23.4. The quantitative estimate of drug-likeness (QED) is 0.706. The Morgan fingerprint density at radius 3 is 2.68 bits per heavy atom. The molecule has 0 radical (unpaired) electrons. The molecule has 2 N–H and O–H groups in total. The molecule has 0 bridgehead atoms. The van der Waals surface area contributed by atoms with Gasteiger partial charge in [-0.05, 0) is 38.1 Å². The summed E-state index contributed by atoms with van der Waals surface area (Å²) >= 11 is 0. The van der Waals surface area contributed by atoms with Gasteiger partial charge in [0.05, 0.1) is 19.3 Å². The number of methoxy groups -OCH3 is 2. The summed E-state index contributed by atoms with van der Waals surface area (Å²) in [5.41, 5.74) is -0.684. The third-order valence-electron chi connectivity index (χ3n) is 3.01. The van der Waals surface area contributed by atoms with Crippen molar-refractivity contribution in [2.75, 3.05) is 33.9 Å².